The first-order chi connectivity index (χ1) is 9.28. The van der Waals surface area contributed by atoms with Crippen molar-refractivity contribution < 1.29 is 9.84 Å². The Bertz CT molecular complexity index is 723. The maximum absolute atomic E-state index is 9.62. The van der Waals surface area contributed by atoms with Crippen molar-refractivity contribution in [1.29, 1.82) is 0 Å². The third-order valence-electron chi connectivity index (χ3n) is 3.03. The standard InChI is InChI=1S/C16H13NO2/c1-19-15-10-13(18)9-12-7-8-14(17-16(12)15)11-5-3-2-4-6-11/h2-10,18H,1H3. The molecule has 0 bridgehead atoms. The van der Waals surface area contributed by atoms with Crippen LogP contribution in [0.25, 0.3) is 22.2 Å². The lowest BCUT2D eigenvalue weighted by Gasteiger charge is -2.08. The van der Waals surface area contributed by atoms with E-state index in [0.29, 0.717) is 5.75 Å². The number of hydrogen-bond acceptors (Lipinski definition) is 3. The Balaban J connectivity index is 2.23. The molecule has 0 unspecified atom stereocenters. The van der Waals surface area contributed by atoms with Crippen molar-refractivity contribution in [3.8, 4) is 22.8 Å². The molecule has 0 aliphatic rings. The average molecular weight is 251 g/mol. The van der Waals surface area contributed by atoms with E-state index in [1.165, 1.54) is 0 Å². The summed E-state index contributed by atoms with van der Waals surface area (Å²) in [5.74, 6) is 0.756. The van der Waals surface area contributed by atoms with Crippen molar-refractivity contribution in [3.63, 3.8) is 0 Å². The minimum absolute atomic E-state index is 0.179. The molecule has 0 aliphatic carbocycles. The number of nitrogens with zero attached hydrogens (tertiary/aromatic N) is 1. The van der Waals surface area contributed by atoms with Gasteiger partial charge in [-0.3, -0.25) is 0 Å². The summed E-state index contributed by atoms with van der Waals surface area (Å²) in [7, 11) is 1.57. The van der Waals surface area contributed by atoms with Gasteiger partial charge < -0.3 is 9.84 Å². The average Bonchev–Trinajstić information content (AvgIpc) is 2.46. The molecule has 3 aromatic rings. The largest absolute Gasteiger partial charge is 0.508 e. The topological polar surface area (TPSA) is 42.4 Å². The van der Waals surface area contributed by atoms with Crippen LogP contribution in [0.3, 0.4) is 0 Å². The van der Waals surface area contributed by atoms with E-state index in [1.807, 2.05) is 42.5 Å². The van der Waals surface area contributed by atoms with E-state index in [4.69, 9.17) is 4.74 Å². The highest BCUT2D eigenvalue weighted by molar-refractivity contribution is 5.88. The number of methoxy groups -OCH3 is 1. The molecule has 0 saturated heterocycles. The smallest absolute Gasteiger partial charge is 0.148 e. The molecule has 19 heavy (non-hydrogen) atoms. The van der Waals surface area contributed by atoms with Crippen LogP contribution in [0.5, 0.6) is 11.5 Å². The molecule has 2 aromatic carbocycles. The summed E-state index contributed by atoms with van der Waals surface area (Å²) in [4.78, 5) is 4.62. The summed E-state index contributed by atoms with van der Waals surface area (Å²) in [6, 6.07) is 17.1. The van der Waals surface area contributed by atoms with Gasteiger partial charge in [-0.15, -0.1) is 0 Å². The highest BCUT2D eigenvalue weighted by atomic mass is 16.5. The molecular weight excluding hydrogens is 238 g/mol. The molecule has 1 heterocycles. The number of benzene rings is 2. The van der Waals surface area contributed by atoms with Crippen molar-refractivity contribution in [3.05, 3.63) is 54.6 Å². The van der Waals surface area contributed by atoms with E-state index in [2.05, 4.69) is 4.98 Å². The predicted molar refractivity (Wildman–Crippen MR) is 75.4 cm³/mol. The lowest BCUT2D eigenvalue weighted by Crippen LogP contribution is -1.90. The van der Waals surface area contributed by atoms with Gasteiger partial charge in [0.1, 0.15) is 17.0 Å². The second kappa shape index (κ2) is 4.61. The lowest BCUT2D eigenvalue weighted by molar-refractivity contribution is 0.412. The minimum atomic E-state index is 0.179. The third kappa shape index (κ3) is 2.10. The Kier molecular flexibility index (Phi) is 2.80. The fourth-order valence-electron chi connectivity index (χ4n) is 2.11. The monoisotopic (exact) mass is 251 g/mol. The number of pyridine rings is 1. The Hall–Kier alpha value is -2.55. The van der Waals surface area contributed by atoms with Crippen molar-refractivity contribution in [1.82, 2.24) is 4.98 Å². The quantitative estimate of drug-likeness (QED) is 0.756. The predicted octanol–water partition coefficient (Wildman–Crippen LogP) is 3.62. The van der Waals surface area contributed by atoms with E-state index in [0.717, 1.165) is 22.2 Å². The van der Waals surface area contributed by atoms with E-state index in [1.54, 1.807) is 19.2 Å². The summed E-state index contributed by atoms with van der Waals surface area (Å²) in [5, 5.41) is 10.5. The van der Waals surface area contributed by atoms with Crippen LogP contribution in [-0.2, 0) is 0 Å². The molecule has 3 rings (SSSR count). The molecule has 0 amide bonds. The number of fused-ring (bicyclic) bond motifs is 1. The van der Waals surface area contributed by atoms with Crippen LogP contribution in [0.1, 0.15) is 0 Å². The number of aromatic nitrogens is 1. The molecule has 0 fully saturated rings. The first-order valence-corrected chi connectivity index (χ1v) is 6.01. The molecule has 3 nitrogen and oxygen atoms in total. The zero-order valence-electron chi connectivity index (χ0n) is 10.5. The third-order valence-corrected chi connectivity index (χ3v) is 3.03. The number of hydrogen-bond donors (Lipinski definition) is 1. The van der Waals surface area contributed by atoms with Crippen molar-refractivity contribution in [2.75, 3.05) is 7.11 Å². The zero-order chi connectivity index (χ0) is 13.2. The summed E-state index contributed by atoms with van der Waals surface area (Å²) in [6.07, 6.45) is 0. The van der Waals surface area contributed by atoms with Crippen LogP contribution in [0.4, 0.5) is 0 Å². The van der Waals surface area contributed by atoms with E-state index < -0.39 is 0 Å². The first kappa shape index (κ1) is 11.5. The molecule has 1 N–H and O–H groups in total. The first-order valence-electron chi connectivity index (χ1n) is 6.01. The summed E-state index contributed by atoms with van der Waals surface area (Å²) < 4.78 is 5.28. The van der Waals surface area contributed by atoms with Gasteiger partial charge in [0.25, 0.3) is 0 Å². The minimum Gasteiger partial charge on any atom is -0.508 e. The van der Waals surface area contributed by atoms with Crippen LogP contribution in [0, 0.1) is 0 Å². The van der Waals surface area contributed by atoms with Gasteiger partial charge in [-0.1, -0.05) is 36.4 Å². The zero-order valence-corrected chi connectivity index (χ0v) is 10.5. The number of phenolic OH excluding ortho intramolecular Hbond substituents is 1. The van der Waals surface area contributed by atoms with Crippen LogP contribution in [-0.4, -0.2) is 17.2 Å². The number of phenols is 1. The van der Waals surface area contributed by atoms with Crippen LogP contribution in [0.2, 0.25) is 0 Å². The molecule has 0 atom stereocenters. The molecule has 0 radical (unpaired) electrons. The van der Waals surface area contributed by atoms with Gasteiger partial charge in [0, 0.05) is 17.0 Å². The van der Waals surface area contributed by atoms with Crippen LogP contribution >= 0.6 is 0 Å². The molecule has 0 saturated carbocycles. The lowest BCUT2D eigenvalue weighted by atomic mass is 10.1. The summed E-state index contributed by atoms with van der Waals surface area (Å²) in [6.45, 7) is 0. The second-order valence-corrected chi connectivity index (χ2v) is 4.28. The summed E-state index contributed by atoms with van der Waals surface area (Å²) in [5.41, 5.74) is 2.69. The Labute approximate surface area is 111 Å². The van der Waals surface area contributed by atoms with Gasteiger partial charge in [-0.05, 0) is 12.1 Å². The summed E-state index contributed by atoms with van der Waals surface area (Å²) >= 11 is 0. The Morgan fingerprint density at radius 3 is 2.53 bits per heavy atom. The molecule has 94 valence electrons. The second-order valence-electron chi connectivity index (χ2n) is 4.28. The van der Waals surface area contributed by atoms with E-state index in [9.17, 15) is 5.11 Å². The van der Waals surface area contributed by atoms with Crippen LogP contribution in [0.15, 0.2) is 54.6 Å². The van der Waals surface area contributed by atoms with Gasteiger partial charge >= 0.3 is 0 Å². The van der Waals surface area contributed by atoms with Gasteiger partial charge in [0.2, 0.25) is 0 Å². The molecule has 0 aliphatic heterocycles. The van der Waals surface area contributed by atoms with Gasteiger partial charge in [-0.2, -0.15) is 0 Å². The van der Waals surface area contributed by atoms with Crippen molar-refractivity contribution >= 4 is 10.9 Å². The fourth-order valence-corrected chi connectivity index (χ4v) is 2.11. The fraction of sp³-hybridized carbons (Fsp3) is 0.0625. The number of ether oxygens (including phenoxy) is 1. The normalized spacial score (nSPS) is 10.6. The molecule has 3 heteroatoms. The van der Waals surface area contributed by atoms with Gasteiger partial charge in [0.15, 0.2) is 0 Å². The molecule has 0 spiro atoms. The van der Waals surface area contributed by atoms with E-state index >= 15 is 0 Å². The SMILES string of the molecule is COc1cc(O)cc2ccc(-c3ccccc3)nc12. The Morgan fingerprint density at radius 1 is 1.00 bits per heavy atom. The van der Waals surface area contributed by atoms with Gasteiger partial charge in [0.05, 0.1) is 12.8 Å². The van der Waals surface area contributed by atoms with Crippen molar-refractivity contribution in [2.45, 2.75) is 0 Å². The van der Waals surface area contributed by atoms with Crippen molar-refractivity contribution in [2.24, 2.45) is 0 Å². The molecular formula is C16H13NO2. The number of rotatable bonds is 2. The highest BCUT2D eigenvalue weighted by Crippen LogP contribution is 2.31. The van der Waals surface area contributed by atoms with E-state index in [-0.39, 0.29) is 5.75 Å². The Morgan fingerprint density at radius 2 is 1.79 bits per heavy atom. The number of aromatic hydroxyl groups is 1. The maximum atomic E-state index is 9.62. The highest BCUT2D eigenvalue weighted by Gasteiger charge is 2.07. The van der Waals surface area contributed by atoms with Gasteiger partial charge in [-0.25, -0.2) is 4.98 Å². The molecule has 1 aromatic heterocycles. The van der Waals surface area contributed by atoms with Crippen LogP contribution < -0.4 is 4.74 Å². The maximum Gasteiger partial charge on any atom is 0.148 e.